The van der Waals surface area contributed by atoms with E-state index < -0.39 is 0 Å². The first kappa shape index (κ1) is 11.5. The summed E-state index contributed by atoms with van der Waals surface area (Å²) < 4.78 is 10.9. The molecule has 0 bridgehead atoms. The van der Waals surface area contributed by atoms with Gasteiger partial charge in [-0.15, -0.1) is 0 Å². The summed E-state index contributed by atoms with van der Waals surface area (Å²) in [6.45, 7) is 0. The van der Waals surface area contributed by atoms with Gasteiger partial charge in [-0.05, 0) is 24.3 Å². The summed E-state index contributed by atoms with van der Waals surface area (Å²) in [5, 5.41) is 0.536. The van der Waals surface area contributed by atoms with Crippen LogP contribution in [-0.4, -0.2) is 12.1 Å². The molecule has 19 heavy (non-hydrogen) atoms. The molecule has 2 heterocycles. The number of methoxy groups -OCH3 is 1. The molecule has 2 aromatic heterocycles. The molecule has 3 rings (SSSR count). The van der Waals surface area contributed by atoms with E-state index in [9.17, 15) is 4.79 Å². The first-order chi connectivity index (χ1) is 9.28. The minimum absolute atomic E-state index is 0.0808. The van der Waals surface area contributed by atoms with Crippen LogP contribution in [0.5, 0.6) is 5.75 Å². The lowest BCUT2D eigenvalue weighted by Gasteiger charge is -2.04. The highest BCUT2D eigenvalue weighted by molar-refractivity contribution is 5.79. The van der Waals surface area contributed by atoms with Crippen LogP contribution >= 0.6 is 0 Å². The highest BCUT2D eigenvalue weighted by Crippen LogP contribution is 2.24. The molecule has 0 aliphatic carbocycles. The molecule has 0 radical (unpaired) electrons. The van der Waals surface area contributed by atoms with Crippen LogP contribution in [-0.2, 0) is 0 Å². The lowest BCUT2D eigenvalue weighted by Crippen LogP contribution is -2.00. The molecule has 0 spiro atoms. The molecule has 4 heteroatoms. The highest BCUT2D eigenvalue weighted by Gasteiger charge is 2.07. The van der Waals surface area contributed by atoms with E-state index in [0.29, 0.717) is 22.5 Å². The van der Waals surface area contributed by atoms with Gasteiger partial charge in [-0.2, -0.15) is 0 Å². The van der Waals surface area contributed by atoms with Crippen molar-refractivity contribution in [2.24, 2.45) is 0 Å². The molecular formula is C15H11NO3. The van der Waals surface area contributed by atoms with Crippen LogP contribution in [0.2, 0.25) is 0 Å². The standard InChI is InChI=1S/C15H11NO3/c1-18-11-4-5-12-13(17)8-14(19-15(12)7-11)10-3-2-6-16-9-10/h2-9H,1H3. The Morgan fingerprint density at radius 2 is 2.11 bits per heavy atom. The van der Waals surface area contributed by atoms with Crippen LogP contribution in [0.15, 0.2) is 58.0 Å². The predicted molar refractivity (Wildman–Crippen MR) is 72.3 cm³/mol. The molecule has 1 aromatic carbocycles. The summed E-state index contributed by atoms with van der Waals surface area (Å²) in [6, 6.07) is 10.3. The number of benzene rings is 1. The molecule has 3 aromatic rings. The Hall–Kier alpha value is -2.62. The molecule has 94 valence electrons. The summed E-state index contributed by atoms with van der Waals surface area (Å²) >= 11 is 0. The minimum Gasteiger partial charge on any atom is -0.497 e. The quantitative estimate of drug-likeness (QED) is 0.704. The third kappa shape index (κ3) is 2.08. The maximum Gasteiger partial charge on any atom is 0.193 e. The number of hydrogen-bond acceptors (Lipinski definition) is 4. The normalized spacial score (nSPS) is 10.6. The molecule has 0 amide bonds. The fourth-order valence-electron chi connectivity index (χ4n) is 1.91. The van der Waals surface area contributed by atoms with Gasteiger partial charge in [0.05, 0.1) is 12.5 Å². The van der Waals surface area contributed by atoms with Crippen molar-refractivity contribution >= 4 is 11.0 Å². The van der Waals surface area contributed by atoms with E-state index in [2.05, 4.69) is 4.98 Å². The molecule has 0 N–H and O–H groups in total. The summed E-state index contributed by atoms with van der Waals surface area (Å²) in [6.07, 6.45) is 3.33. The number of rotatable bonds is 2. The fourth-order valence-corrected chi connectivity index (χ4v) is 1.91. The predicted octanol–water partition coefficient (Wildman–Crippen LogP) is 2.86. The Labute approximate surface area is 109 Å². The second-order valence-corrected chi connectivity index (χ2v) is 4.08. The Kier molecular flexibility index (Phi) is 2.76. The molecule has 0 atom stereocenters. The van der Waals surface area contributed by atoms with Crippen molar-refractivity contribution in [2.75, 3.05) is 7.11 Å². The third-order valence-corrected chi connectivity index (χ3v) is 2.88. The zero-order valence-corrected chi connectivity index (χ0v) is 10.3. The number of ether oxygens (including phenoxy) is 1. The number of aromatic nitrogens is 1. The van der Waals surface area contributed by atoms with Crippen molar-refractivity contribution in [3.63, 3.8) is 0 Å². The van der Waals surface area contributed by atoms with Crippen molar-refractivity contribution in [3.8, 4) is 17.1 Å². The van der Waals surface area contributed by atoms with Crippen LogP contribution < -0.4 is 10.2 Å². The van der Waals surface area contributed by atoms with Crippen molar-refractivity contribution in [3.05, 3.63) is 59.0 Å². The SMILES string of the molecule is COc1ccc2c(=O)cc(-c3cccnc3)oc2c1. The lowest BCUT2D eigenvalue weighted by atomic mass is 10.1. The number of hydrogen-bond donors (Lipinski definition) is 0. The van der Waals surface area contributed by atoms with Gasteiger partial charge < -0.3 is 9.15 Å². The molecule has 0 unspecified atom stereocenters. The fraction of sp³-hybridized carbons (Fsp3) is 0.0667. The molecule has 0 saturated carbocycles. The van der Waals surface area contributed by atoms with E-state index in [1.165, 1.54) is 6.07 Å². The first-order valence-electron chi connectivity index (χ1n) is 5.80. The number of nitrogens with zero attached hydrogens (tertiary/aromatic N) is 1. The Morgan fingerprint density at radius 3 is 2.84 bits per heavy atom. The summed E-state index contributed by atoms with van der Waals surface area (Å²) in [4.78, 5) is 16.1. The van der Waals surface area contributed by atoms with Crippen LogP contribution in [0.25, 0.3) is 22.3 Å². The summed E-state index contributed by atoms with van der Waals surface area (Å²) in [7, 11) is 1.57. The van der Waals surface area contributed by atoms with E-state index in [0.717, 1.165) is 5.56 Å². The molecule has 0 saturated heterocycles. The van der Waals surface area contributed by atoms with E-state index in [4.69, 9.17) is 9.15 Å². The van der Waals surface area contributed by atoms with Gasteiger partial charge in [-0.25, -0.2) is 0 Å². The van der Waals surface area contributed by atoms with Gasteiger partial charge in [-0.1, -0.05) is 0 Å². The summed E-state index contributed by atoms with van der Waals surface area (Å²) in [5.41, 5.74) is 1.19. The van der Waals surface area contributed by atoms with Gasteiger partial charge in [0, 0.05) is 30.1 Å². The van der Waals surface area contributed by atoms with Crippen LogP contribution in [0.4, 0.5) is 0 Å². The van der Waals surface area contributed by atoms with Gasteiger partial charge in [0.1, 0.15) is 17.1 Å². The monoisotopic (exact) mass is 253 g/mol. The zero-order valence-electron chi connectivity index (χ0n) is 10.3. The Balaban J connectivity index is 2.26. The van der Waals surface area contributed by atoms with E-state index in [-0.39, 0.29) is 5.43 Å². The minimum atomic E-state index is -0.0808. The van der Waals surface area contributed by atoms with Gasteiger partial charge in [0.25, 0.3) is 0 Å². The van der Waals surface area contributed by atoms with Crippen molar-refractivity contribution in [1.82, 2.24) is 4.98 Å². The van der Waals surface area contributed by atoms with Gasteiger partial charge in [0.2, 0.25) is 0 Å². The average molecular weight is 253 g/mol. The highest BCUT2D eigenvalue weighted by atomic mass is 16.5. The van der Waals surface area contributed by atoms with Crippen LogP contribution in [0.3, 0.4) is 0 Å². The largest absolute Gasteiger partial charge is 0.497 e. The van der Waals surface area contributed by atoms with Gasteiger partial charge in [0.15, 0.2) is 5.43 Å². The molecule has 4 nitrogen and oxygen atoms in total. The Bertz CT molecular complexity index is 778. The molecule has 0 fully saturated rings. The van der Waals surface area contributed by atoms with Gasteiger partial charge >= 0.3 is 0 Å². The number of fused-ring (bicyclic) bond motifs is 1. The lowest BCUT2D eigenvalue weighted by molar-refractivity contribution is 0.414. The second kappa shape index (κ2) is 4.57. The van der Waals surface area contributed by atoms with E-state index in [1.54, 1.807) is 43.8 Å². The number of pyridine rings is 1. The maximum atomic E-state index is 12.1. The molecule has 0 aliphatic heterocycles. The molecule has 0 aliphatic rings. The smallest absolute Gasteiger partial charge is 0.193 e. The Morgan fingerprint density at radius 1 is 1.21 bits per heavy atom. The topological polar surface area (TPSA) is 52.3 Å². The van der Waals surface area contributed by atoms with Crippen molar-refractivity contribution in [1.29, 1.82) is 0 Å². The van der Waals surface area contributed by atoms with Crippen LogP contribution in [0.1, 0.15) is 0 Å². The first-order valence-corrected chi connectivity index (χ1v) is 5.80. The van der Waals surface area contributed by atoms with Gasteiger partial charge in [-0.3, -0.25) is 9.78 Å². The van der Waals surface area contributed by atoms with Crippen LogP contribution in [0, 0.1) is 0 Å². The average Bonchev–Trinajstić information content (AvgIpc) is 2.47. The second-order valence-electron chi connectivity index (χ2n) is 4.08. The summed E-state index contributed by atoms with van der Waals surface area (Å²) in [5.74, 6) is 1.15. The van der Waals surface area contributed by atoms with E-state index >= 15 is 0 Å². The van der Waals surface area contributed by atoms with E-state index in [1.807, 2.05) is 6.07 Å². The molecular weight excluding hydrogens is 242 g/mol. The maximum absolute atomic E-state index is 12.1. The van der Waals surface area contributed by atoms with Crippen molar-refractivity contribution < 1.29 is 9.15 Å². The van der Waals surface area contributed by atoms with Crippen molar-refractivity contribution in [2.45, 2.75) is 0 Å². The zero-order chi connectivity index (χ0) is 13.2. The third-order valence-electron chi connectivity index (χ3n) is 2.88.